The summed E-state index contributed by atoms with van der Waals surface area (Å²) in [4.78, 5) is 52.9. The molecule has 6 aliphatic rings. The maximum atomic E-state index is 14.5. The highest BCUT2D eigenvalue weighted by Crippen LogP contribution is 2.59. The van der Waals surface area contributed by atoms with Gasteiger partial charge in [0.25, 0.3) is 0 Å². The number of carbonyl (C=O) groups is 2. The van der Waals surface area contributed by atoms with Gasteiger partial charge in [-0.25, -0.2) is 18.7 Å². The van der Waals surface area contributed by atoms with E-state index in [1.807, 2.05) is 138 Å². The zero-order chi connectivity index (χ0) is 82.4. The van der Waals surface area contributed by atoms with E-state index in [-0.39, 0.29) is 42.1 Å². The first-order valence-electron chi connectivity index (χ1n) is 41.3. The third-order valence-electron chi connectivity index (χ3n) is 24.8. The van der Waals surface area contributed by atoms with E-state index in [0.29, 0.717) is 125 Å². The van der Waals surface area contributed by atoms with Crippen molar-refractivity contribution in [3.8, 4) is 0 Å². The van der Waals surface area contributed by atoms with E-state index in [0.717, 1.165) is 78.5 Å². The molecular formula is C96H96Cl2F2N8O12. The fourth-order valence-electron chi connectivity index (χ4n) is 18.3. The van der Waals surface area contributed by atoms with Crippen molar-refractivity contribution in [2.45, 2.75) is 151 Å². The molecule has 10 aromatic carbocycles. The Labute approximate surface area is 705 Å². The Kier molecular flexibility index (Phi) is 25.0. The van der Waals surface area contributed by atoms with E-state index in [2.05, 4.69) is 92.6 Å². The van der Waals surface area contributed by atoms with Gasteiger partial charge in [0.2, 0.25) is 23.7 Å². The minimum Gasteiger partial charge on any atom is -0.394 e. The second-order valence-corrected chi connectivity index (χ2v) is 33.1. The number of aliphatic hydroxyl groups is 4. The summed E-state index contributed by atoms with van der Waals surface area (Å²) in [5.74, 6) is 0.879. The molecule has 0 aliphatic carbocycles. The Bertz CT molecular complexity index is 5420. The van der Waals surface area contributed by atoms with Crippen LogP contribution >= 0.6 is 23.2 Å². The molecule has 6 aliphatic heterocycles. The van der Waals surface area contributed by atoms with Crippen LogP contribution in [0.3, 0.4) is 0 Å². The normalized spacial score (nSPS) is 23.9. The molecule has 0 bridgehead atoms. The first-order chi connectivity index (χ1) is 58.5. The predicted octanol–water partition coefficient (Wildman–Crippen LogP) is 15.9. The molecule has 8 heterocycles. The topological polar surface area (TPSA) is 241 Å². The van der Waals surface area contributed by atoms with Gasteiger partial charge in [0.15, 0.2) is 0 Å². The smallest absolute Gasteiger partial charge is 0.236 e. The number of H-pyrrole nitrogens is 2. The summed E-state index contributed by atoms with van der Waals surface area (Å²) in [6, 6.07) is 80.3. The summed E-state index contributed by atoms with van der Waals surface area (Å²) in [7, 11) is 0. The summed E-state index contributed by atoms with van der Waals surface area (Å²) in [5, 5.41) is 41.4. The van der Waals surface area contributed by atoms with Gasteiger partial charge in [-0.3, -0.25) is 9.59 Å². The van der Waals surface area contributed by atoms with Crippen LogP contribution in [0.5, 0.6) is 0 Å². The van der Waals surface area contributed by atoms with E-state index in [4.69, 9.17) is 61.6 Å². The van der Waals surface area contributed by atoms with Gasteiger partial charge in [0.1, 0.15) is 60.5 Å². The molecule has 20 nitrogen and oxygen atoms in total. The maximum Gasteiger partial charge on any atom is 0.236 e. The summed E-state index contributed by atoms with van der Waals surface area (Å²) < 4.78 is 68.3. The zero-order valence-corrected chi connectivity index (χ0v) is 67.7. The molecule has 0 radical (unpaired) electrons. The molecule has 6 fully saturated rings. The van der Waals surface area contributed by atoms with Crippen molar-refractivity contribution in [2.75, 3.05) is 59.0 Å². The van der Waals surface area contributed by atoms with E-state index in [9.17, 15) is 38.8 Å². The molecule has 12 unspecified atom stereocenters. The Balaban J connectivity index is 0.000000191. The number of fused-ring (bicyclic) bond motifs is 2. The van der Waals surface area contributed by atoms with Crippen LogP contribution in [0.2, 0.25) is 10.0 Å². The van der Waals surface area contributed by atoms with Crippen molar-refractivity contribution in [3.05, 3.63) is 321 Å². The molecule has 620 valence electrons. The Morgan fingerprint density at radius 3 is 1.22 bits per heavy atom. The number of anilines is 4. The number of aliphatic hydroxyl groups excluding tert-OH is 4. The Hall–Kier alpha value is -10.3. The number of nitrogens with one attached hydrogen (secondary N) is 2. The summed E-state index contributed by atoms with van der Waals surface area (Å²) >= 11 is 12.5. The quantitative estimate of drug-likeness (QED) is 0.0276. The molecule has 0 saturated carbocycles. The van der Waals surface area contributed by atoms with E-state index >= 15 is 0 Å². The largest absolute Gasteiger partial charge is 0.394 e. The van der Waals surface area contributed by atoms with Crippen LogP contribution in [-0.2, 0) is 77.3 Å². The van der Waals surface area contributed by atoms with Crippen LogP contribution in [0.25, 0.3) is 22.1 Å². The van der Waals surface area contributed by atoms with Gasteiger partial charge in [-0.05, 0) is 181 Å². The third kappa shape index (κ3) is 17.5. The number of ether oxygens (including phenoxy) is 6. The van der Waals surface area contributed by atoms with Gasteiger partial charge in [0, 0.05) is 47.6 Å². The van der Waals surface area contributed by atoms with E-state index in [1.165, 1.54) is 24.3 Å². The number of nitrogens with zero attached hydrogens (tertiary/aromatic N) is 6. The lowest BCUT2D eigenvalue weighted by Crippen LogP contribution is -2.66. The number of carbonyl (C=O) groups excluding carboxylic acids is 2. The molecule has 2 aromatic heterocycles. The zero-order valence-electron chi connectivity index (χ0n) is 66.2. The van der Waals surface area contributed by atoms with Gasteiger partial charge in [0.05, 0.1) is 96.8 Å². The average molecular weight is 1660 g/mol. The average Bonchev–Trinajstić information content (AvgIpc) is 0.741. The Morgan fingerprint density at radius 2 is 0.800 bits per heavy atom. The minimum absolute atomic E-state index is 0.0202. The highest BCUT2D eigenvalue weighted by molar-refractivity contribution is 6.31. The number of aromatic nitrogens is 4. The van der Waals surface area contributed by atoms with Gasteiger partial charge in [-0.2, -0.15) is 0 Å². The standard InChI is InChI=1S/C62H60ClFN4O6.C34H36ClFN4O6/c63-49-26-31-52-53(37-49)66-61(65-52)67-35-33-62(34-36-67)59(68(60(62)69)51-29-27-50(64)28-30-51)48-24-21-43(22-25-48)23-32-54-56(71-39-45-15-7-2-8-16-45)58(73-41-47-19-11-4-12-20-47)57(72-40-46-17-9-3-10-18-46)55(74-54)42-70-38-44-13-5-1-6-14-44;35-21-6-11-24-25(17-21)38-33(37-24)39-15-13-34(14-16-39)31(40(32(34)45)23-9-7-22(36)8-10-23)20-4-1-19(2-5-20)3-12-26-28(42)30(44)29(43)27(18-41)46-26/h1-22,24-31,37,54-59H,23,32-36,38-42H2,(H,65,66);1-2,4-11,17,26-31,41-44H,3,12-16,18H2,(H,37,38). The number of β-lactam (4-membered cyclic amide) rings is 2. The first kappa shape index (κ1) is 82.1. The molecule has 24 heteroatoms. The first-order valence-corrected chi connectivity index (χ1v) is 42.0. The molecular weight excluding hydrogens is 1570 g/mol. The van der Waals surface area contributed by atoms with Gasteiger partial charge in [-0.1, -0.05) is 193 Å². The highest BCUT2D eigenvalue weighted by atomic mass is 35.5. The Morgan fingerprint density at radius 1 is 0.425 bits per heavy atom. The number of piperidine rings is 2. The molecule has 18 rings (SSSR count). The third-order valence-corrected chi connectivity index (χ3v) is 25.3. The summed E-state index contributed by atoms with van der Waals surface area (Å²) in [6.45, 7) is 3.88. The van der Waals surface area contributed by atoms with Crippen LogP contribution < -0.4 is 19.6 Å². The van der Waals surface area contributed by atoms with Crippen molar-refractivity contribution in [1.29, 1.82) is 0 Å². The van der Waals surface area contributed by atoms with Crippen molar-refractivity contribution in [3.63, 3.8) is 0 Å². The van der Waals surface area contributed by atoms with Crippen molar-refractivity contribution in [2.24, 2.45) is 10.8 Å². The highest BCUT2D eigenvalue weighted by Gasteiger charge is 2.64. The van der Waals surface area contributed by atoms with Crippen LogP contribution in [0.4, 0.5) is 32.1 Å². The maximum absolute atomic E-state index is 14.5. The number of aryl methyl sites for hydroxylation is 2. The molecule has 6 N–H and O–H groups in total. The lowest BCUT2D eigenvalue weighted by atomic mass is 9.62. The molecule has 12 atom stereocenters. The fraction of sp³-hybridized carbons (Fsp3) is 0.333. The second-order valence-electron chi connectivity index (χ2n) is 32.3. The van der Waals surface area contributed by atoms with Crippen LogP contribution in [0.15, 0.2) is 255 Å². The molecule has 12 aromatic rings. The number of benzene rings is 10. The number of hydrogen-bond donors (Lipinski definition) is 6. The van der Waals surface area contributed by atoms with Crippen molar-refractivity contribution in [1.82, 2.24) is 19.9 Å². The SMILES string of the molecule is O=C1N(c2ccc(F)cc2)C(c2ccc(CCC3OC(CO)C(O)C(O)C3O)cc2)C12CCN(c1nc3ccc(Cl)cc3[nH]1)CC2.O=C1N(c2ccc(F)cc2)C(c2ccc(CCC3OC(COCc4ccccc4)C(OCc4ccccc4)C(OCc4ccccc4)C3OCc3ccccc3)cc2)C12CCN(c1nc3ccc(Cl)cc3[nH]1)CC2. The number of rotatable bonds is 26. The number of aromatic amines is 2. The second kappa shape index (κ2) is 36.6. The molecule has 2 amide bonds. The monoisotopic (exact) mass is 1660 g/mol. The van der Waals surface area contributed by atoms with E-state index < -0.39 is 78.5 Å². The molecule has 2 spiro atoms. The number of halogens is 4. The van der Waals surface area contributed by atoms with Crippen molar-refractivity contribution < 1.29 is 67.2 Å². The summed E-state index contributed by atoms with van der Waals surface area (Å²) in [5.41, 5.74) is 11.8. The number of amides is 2. The van der Waals surface area contributed by atoms with Crippen LogP contribution in [0.1, 0.15) is 95.1 Å². The van der Waals surface area contributed by atoms with E-state index in [1.54, 1.807) is 29.2 Å². The van der Waals surface area contributed by atoms with Gasteiger partial charge in [-0.15, -0.1) is 0 Å². The molecule has 120 heavy (non-hydrogen) atoms. The van der Waals surface area contributed by atoms with Crippen molar-refractivity contribution >= 4 is 80.4 Å². The van der Waals surface area contributed by atoms with Gasteiger partial charge < -0.3 is 78.4 Å². The lowest BCUT2D eigenvalue weighted by molar-refractivity contribution is -0.273. The van der Waals surface area contributed by atoms with Crippen LogP contribution in [0, 0.1) is 22.5 Å². The summed E-state index contributed by atoms with van der Waals surface area (Å²) in [6.07, 6.45) is -3.45. The lowest BCUT2D eigenvalue weighted by Gasteiger charge is -2.59. The number of hydrogen-bond acceptors (Lipinski definition) is 16. The fourth-order valence-corrected chi connectivity index (χ4v) is 18.7. The van der Waals surface area contributed by atoms with Gasteiger partial charge >= 0.3 is 0 Å². The van der Waals surface area contributed by atoms with Crippen LogP contribution in [-0.4, -0.2) is 153 Å². The minimum atomic E-state index is -1.40. The number of imidazole rings is 2. The molecule has 6 saturated heterocycles. The predicted molar refractivity (Wildman–Crippen MR) is 456 cm³/mol.